The third kappa shape index (κ3) is 7.19. The molecule has 5 rings (SSSR count). The number of anilines is 1. The van der Waals surface area contributed by atoms with Gasteiger partial charge in [-0.1, -0.05) is 5.16 Å². The van der Waals surface area contributed by atoms with Gasteiger partial charge in [0.2, 0.25) is 5.60 Å². The fourth-order valence-electron chi connectivity index (χ4n) is 6.12. The maximum absolute atomic E-state index is 13.5. The Hall–Kier alpha value is -4.88. The number of nitrogens with two attached hydrogens (primary N) is 1. The Morgan fingerprint density at radius 3 is 2.50 bits per heavy atom. The quantitative estimate of drug-likeness (QED) is 0.0496. The lowest BCUT2D eigenvalue weighted by molar-refractivity contribution is -0.911. The molecule has 3 aliphatic heterocycles. The van der Waals surface area contributed by atoms with E-state index < -0.39 is 52.4 Å². The molecule has 3 amide bonds. The summed E-state index contributed by atoms with van der Waals surface area (Å²) in [4.78, 5) is 74.2. The standard InChI is InChI=1S/C31H37N7O10S2/c1-15-17(6-7-19(39)23(15)40)24(41)33-8-11-38(9-4-5-10-38)12-16-13-49-27-21(26(43)37(27)22(16)28(44)45)35-25(42)20(18-14-50-30(32)34-18)36-48-31(2,3)29(46)47/h6-7,14,21,27H,4-5,8-13H2,1-3H3,(H7-,32,33,34,35,36,39,40,41,42,44,45,46,47)/p+1/t21-,27-/m1/s1. The number of carboxylic acid groups (broad SMARTS) is 2. The van der Waals surface area contributed by atoms with Crippen LogP contribution in [0.25, 0.3) is 0 Å². The molecule has 17 nitrogen and oxygen atoms in total. The topological polar surface area (TPSA) is 254 Å². The monoisotopic (exact) mass is 732 g/mol. The van der Waals surface area contributed by atoms with E-state index in [0.717, 1.165) is 37.3 Å². The van der Waals surface area contributed by atoms with Crippen LogP contribution in [-0.2, 0) is 24.0 Å². The zero-order valence-electron chi connectivity index (χ0n) is 27.5. The van der Waals surface area contributed by atoms with Crippen molar-refractivity contribution in [2.24, 2.45) is 5.16 Å². The molecule has 4 heterocycles. The highest BCUT2D eigenvalue weighted by molar-refractivity contribution is 8.00. The van der Waals surface area contributed by atoms with Crippen LogP contribution in [0.4, 0.5) is 5.13 Å². The van der Waals surface area contributed by atoms with Gasteiger partial charge in [-0.25, -0.2) is 14.6 Å². The van der Waals surface area contributed by atoms with Crippen LogP contribution in [0.5, 0.6) is 11.5 Å². The fourth-order valence-corrected chi connectivity index (χ4v) is 8.00. The summed E-state index contributed by atoms with van der Waals surface area (Å²) in [6, 6.07) is 1.56. The van der Waals surface area contributed by atoms with Gasteiger partial charge >= 0.3 is 11.9 Å². The number of β-lactam (4-membered cyclic amide) rings is 1. The van der Waals surface area contributed by atoms with Crippen LogP contribution in [0.15, 0.2) is 33.9 Å². The van der Waals surface area contributed by atoms with Crippen LogP contribution < -0.4 is 16.4 Å². The van der Waals surface area contributed by atoms with E-state index in [1.165, 1.54) is 54.9 Å². The number of carbonyl (C=O) groups excluding carboxylic acids is 3. The zero-order valence-corrected chi connectivity index (χ0v) is 29.1. The molecule has 0 saturated carbocycles. The maximum atomic E-state index is 13.5. The summed E-state index contributed by atoms with van der Waals surface area (Å²) in [6.45, 7) is 6.60. The molecule has 50 heavy (non-hydrogen) atoms. The van der Waals surface area contributed by atoms with E-state index in [4.69, 9.17) is 10.6 Å². The lowest BCUT2D eigenvalue weighted by Crippen LogP contribution is -2.71. The summed E-state index contributed by atoms with van der Waals surface area (Å²) in [7, 11) is 0. The van der Waals surface area contributed by atoms with Crippen molar-refractivity contribution < 1.29 is 53.7 Å². The molecule has 268 valence electrons. The summed E-state index contributed by atoms with van der Waals surface area (Å²) in [5.41, 5.74) is 4.44. The number of thioether (sulfide) groups is 1. The van der Waals surface area contributed by atoms with Gasteiger partial charge in [-0.05, 0) is 32.9 Å². The van der Waals surface area contributed by atoms with Crippen molar-refractivity contribution in [2.45, 2.75) is 50.6 Å². The molecular formula is C31H38N7O10S2+. The van der Waals surface area contributed by atoms with Crippen molar-refractivity contribution >= 4 is 63.6 Å². The van der Waals surface area contributed by atoms with Crippen LogP contribution in [0.3, 0.4) is 0 Å². The van der Waals surface area contributed by atoms with E-state index in [1.807, 2.05) is 0 Å². The number of aromatic hydroxyl groups is 2. The van der Waals surface area contributed by atoms with Gasteiger partial charge in [-0.3, -0.25) is 19.3 Å². The third-order valence-electron chi connectivity index (χ3n) is 8.96. The predicted octanol–water partition coefficient (Wildman–Crippen LogP) is 0.808. The number of benzene rings is 1. The van der Waals surface area contributed by atoms with Gasteiger partial charge in [-0.2, -0.15) is 0 Å². The first-order valence-corrected chi connectivity index (χ1v) is 17.5. The number of nitrogens with one attached hydrogen (secondary N) is 2. The summed E-state index contributed by atoms with van der Waals surface area (Å²) >= 11 is 2.32. The zero-order chi connectivity index (χ0) is 36.5. The molecular weight excluding hydrogens is 695 g/mol. The second-order valence-electron chi connectivity index (χ2n) is 12.8. The Morgan fingerprint density at radius 2 is 1.88 bits per heavy atom. The van der Waals surface area contributed by atoms with Crippen molar-refractivity contribution in [3.05, 3.63) is 45.6 Å². The van der Waals surface area contributed by atoms with Crippen molar-refractivity contribution in [1.29, 1.82) is 0 Å². The lowest BCUT2D eigenvalue weighted by atomic mass is 10.0. The number of nitrogens with zero attached hydrogens (tertiary/aromatic N) is 4. The number of carbonyl (C=O) groups is 5. The average molecular weight is 733 g/mol. The Morgan fingerprint density at radius 1 is 1.18 bits per heavy atom. The van der Waals surface area contributed by atoms with Gasteiger partial charge in [0, 0.05) is 40.7 Å². The molecule has 1 aromatic heterocycles. The number of phenols is 2. The molecule has 2 fully saturated rings. The highest BCUT2D eigenvalue weighted by Gasteiger charge is 2.55. The summed E-state index contributed by atoms with van der Waals surface area (Å²) in [5, 5.41) is 49.4. The van der Waals surface area contributed by atoms with Crippen LogP contribution in [0.2, 0.25) is 0 Å². The summed E-state index contributed by atoms with van der Waals surface area (Å²) < 4.78 is 0.503. The van der Waals surface area contributed by atoms with Crippen molar-refractivity contribution in [3.8, 4) is 11.5 Å². The van der Waals surface area contributed by atoms with Gasteiger partial charge in [0.15, 0.2) is 22.3 Å². The number of amides is 3. The number of hydrogen-bond donors (Lipinski definition) is 7. The van der Waals surface area contributed by atoms with E-state index in [-0.39, 0.29) is 51.4 Å². The molecule has 0 aliphatic carbocycles. The van der Waals surface area contributed by atoms with Gasteiger partial charge in [0.05, 0.1) is 26.2 Å². The van der Waals surface area contributed by atoms with Crippen molar-refractivity contribution in [2.75, 3.05) is 44.2 Å². The number of thiazole rings is 1. The Kier molecular flexibility index (Phi) is 10.3. The first kappa shape index (κ1) is 36.4. The van der Waals surface area contributed by atoms with E-state index in [9.17, 15) is 44.4 Å². The largest absolute Gasteiger partial charge is 0.504 e. The van der Waals surface area contributed by atoms with Crippen LogP contribution >= 0.6 is 23.1 Å². The average Bonchev–Trinajstić information content (AvgIpc) is 3.71. The first-order chi connectivity index (χ1) is 23.5. The minimum Gasteiger partial charge on any atom is -0.504 e. The number of carboxylic acids is 2. The normalized spacial score (nSPS) is 20.2. The molecule has 19 heteroatoms. The number of fused-ring (bicyclic) bond motifs is 1. The van der Waals surface area contributed by atoms with Crippen LogP contribution in [0, 0.1) is 6.92 Å². The number of aliphatic carboxylic acids is 2. The number of aromatic nitrogens is 1. The molecule has 2 aromatic rings. The van der Waals surface area contributed by atoms with Crippen LogP contribution in [0.1, 0.15) is 48.3 Å². The number of likely N-dealkylation sites (tertiary alicyclic amines) is 1. The Bertz CT molecular complexity index is 1800. The lowest BCUT2D eigenvalue weighted by Gasteiger charge is -2.50. The van der Waals surface area contributed by atoms with Gasteiger partial charge in [-0.15, -0.1) is 23.1 Å². The Labute approximate surface area is 294 Å². The number of hydrogen-bond acceptors (Lipinski definition) is 13. The van der Waals surface area contributed by atoms with Crippen LogP contribution in [-0.4, -0.2) is 126 Å². The van der Waals surface area contributed by atoms with E-state index in [1.54, 1.807) is 0 Å². The molecule has 1 aromatic carbocycles. The molecule has 0 unspecified atom stereocenters. The summed E-state index contributed by atoms with van der Waals surface area (Å²) in [6.07, 6.45) is 1.81. The minimum absolute atomic E-state index is 0.00619. The van der Waals surface area contributed by atoms with E-state index >= 15 is 0 Å². The smallest absolute Gasteiger partial charge is 0.352 e. The van der Waals surface area contributed by atoms with Gasteiger partial charge in [0.25, 0.3) is 17.7 Å². The number of oxime groups is 1. The molecule has 0 radical (unpaired) electrons. The Balaban J connectivity index is 1.29. The molecule has 8 N–H and O–H groups in total. The number of phenolic OH excluding ortho intramolecular Hbond substituents is 2. The molecule has 0 bridgehead atoms. The predicted molar refractivity (Wildman–Crippen MR) is 181 cm³/mol. The second-order valence-corrected chi connectivity index (χ2v) is 14.8. The van der Waals surface area contributed by atoms with E-state index in [2.05, 4.69) is 20.8 Å². The maximum Gasteiger partial charge on any atom is 0.352 e. The van der Waals surface area contributed by atoms with Gasteiger partial charge < -0.3 is 46.1 Å². The number of rotatable bonds is 13. The first-order valence-electron chi connectivity index (χ1n) is 15.6. The molecule has 2 atom stereocenters. The minimum atomic E-state index is -1.79. The number of quaternary nitrogens is 1. The second kappa shape index (κ2) is 14.2. The third-order valence-corrected chi connectivity index (χ3v) is 11.0. The SMILES string of the molecule is Cc1c(C(=O)NCC[N+]2(CC3=C(C(=O)O)N4C(=O)[C@@H](NC(=O)/C(=N\OC(C)(C)C(=O)O)c5csc(N)n5)[C@H]4SC3)CCCC2)ccc(O)c1O. The van der Waals surface area contributed by atoms with E-state index in [0.29, 0.717) is 23.1 Å². The number of nitrogen functional groups attached to an aromatic ring is 1. The van der Waals surface area contributed by atoms with Crippen molar-refractivity contribution in [1.82, 2.24) is 20.5 Å². The molecule has 0 spiro atoms. The highest BCUT2D eigenvalue weighted by atomic mass is 32.2. The molecule has 2 saturated heterocycles. The molecule has 3 aliphatic rings. The fraction of sp³-hybridized carbons (Fsp3) is 0.452. The summed E-state index contributed by atoms with van der Waals surface area (Å²) in [5.74, 6) is -4.96. The highest BCUT2D eigenvalue weighted by Crippen LogP contribution is 2.41. The van der Waals surface area contributed by atoms with Crippen molar-refractivity contribution in [3.63, 3.8) is 0 Å². The van der Waals surface area contributed by atoms with Gasteiger partial charge in [0.1, 0.15) is 29.4 Å².